The molecule has 0 aliphatic carbocycles. The number of aromatic nitrogens is 6. The summed E-state index contributed by atoms with van der Waals surface area (Å²) in [5.41, 5.74) is 2.54. The molecule has 0 spiro atoms. The number of ether oxygens (including phenoxy) is 2. The van der Waals surface area contributed by atoms with Gasteiger partial charge in [-0.05, 0) is 38.1 Å². The fourth-order valence-corrected chi connectivity index (χ4v) is 5.45. The second-order valence-electron chi connectivity index (χ2n) is 8.41. The summed E-state index contributed by atoms with van der Waals surface area (Å²) in [6.45, 7) is 5.34. The minimum Gasteiger partial charge on any atom is -0.494 e. The molecule has 0 aliphatic rings. The highest BCUT2D eigenvalue weighted by molar-refractivity contribution is 7.91. The Hall–Kier alpha value is -3.86. The number of para-hydroxylation sites is 1. The summed E-state index contributed by atoms with van der Waals surface area (Å²) in [6, 6.07) is 8.93. The van der Waals surface area contributed by atoms with E-state index in [1.807, 2.05) is 19.9 Å². The fraction of sp³-hybridized carbons (Fsp3) is 0.320. The fourth-order valence-electron chi connectivity index (χ4n) is 3.88. The summed E-state index contributed by atoms with van der Waals surface area (Å²) in [5, 5.41) is 7.89. The van der Waals surface area contributed by atoms with Crippen LogP contribution in [-0.4, -0.2) is 57.6 Å². The third-order valence-electron chi connectivity index (χ3n) is 6.14. The van der Waals surface area contributed by atoms with Crippen molar-refractivity contribution in [3.8, 4) is 28.6 Å². The Labute approximate surface area is 210 Å². The first-order valence-electron chi connectivity index (χ1n) is 11.3. The molecule has 0 saturated carbocycles. The van der Waals surface area contributed by atoms with Gasteiger partial charge in [-0.25, -0.2) is 8.42 Å². The lowest BCUT2D eigenvalue weighted by molar-refractivity contribution is 0.390. The monoisotopic (exact) mass is 508 g/mol. The highest BCUT2D eigenvalue weighted by Crippen LogP contribution is 2.37. The van der Waals surface area contributed by atoms with Crippen LogP contribution in [0.1, 0.15) is 37.0 Å². The average Bonchev–Trinajstić information content (AvgIpc) is 3.30. The molecule has 0 amide bonds. The van der Waals surface area contributed by atoms with Gasteiger partial charge in [-0.15, -0.1) is 10.2 Å². The molecule has 0 radical (unpaired) electrons. The standard InChI is InChI=1S/C25H28N6O4S/c1-16-12-28-20(14-27-16)17(2)18(3)36(32,33)15-23-29-30-25(19-8-7-11-26-13-19)31(23)24-21(34-4)9-6-10-22(24)35-5/h6-14,17-18H,15H2,1-5H3/t17-,18-/m0/s1. The number of hydrogen-bond acceptors (Lipinski definition) is 9. The van der Waals surface area contributed by atoms with Crippen molar-refractivity contribution in [2.45, 2.75) is 37.7 Å². The maximum Gasteiger partial charge on any atom is 0.170 e. The van der Waals surface area contributed by atoms with Gasteiger partial charge in [0.2, 0.25) is 0 Å². The first-order chi connectivity index (χ1) is 17.3. The lowest BCUT2D eigenvalue weighted by Gasteiger charge is -2.21. The highest BCUT2D eigenvalue weighted by atomic mass is 32.2. The van der Waals surface area contributed by atoms with Gasteiger partial charge >= 0.3 is 0 Å². The Balaban J connectivity index is 1.81. The van der Waals surface area contributed by atoms with Gasteiger partial charge in [-0.3, -0.25) is 19.5 Å². The van der Waals surface area contributed by atoms with Gasteiger partial charge in [0, 0.05) is 36.3 Å². The van der Waals surface area contributed by atoms with E-state index in [2.05, 4.69) is 25.1 Å². The molecule has 0 bridgehead atoms. The summed E-state index contributed by atoms with van der Waals surface area (Å²) in [4.78, 5) is 12.8. The first kappa shape index (κ1) is 25.2. The van der Waals surface area contributed by atoms with Crippen LogP contribution in [0.5, 0.6) is 11.5 Å². The van der Waals surface area contributed by atoms with Crippen molar-refractivity contribution in [1.29, 1.82) is 0 Å². The molecule has 0 aliphatic heterocycles. The van der Waals surface area contributed by atoms with E-state index in [9.17, 15) is 8.42 Å². The number of nitrogens with zero attached hydrogens (tertiary/aromatic N) is 6. The molecule has 3 aromatic heterocycles. The number of benzene rings is 1. The summed E-state index contributed by atoms with van der Waals surface area (Å²) in [7, 11) is -0.624. The van der Waals surface area contributed by atoms with Gasteiger partial charge in [0.15, 0.2) is 21.5 Å². The van der Waals surface area contributed by atoms with Crippen LogP contribution < -0.4 is 9.47 Å². The van der Waals surface area contributed by atoms with Gasteiger partial charge in [-0.2, -0.15) is 0 Å². The van der Waals surface area contributed by atoms with Crippen LogP contribution in [0, 0.1) is 6.92 Å². The largest absolute Gasteiger partial charge is 0.494 e. The van der Waals surface area contributed by atoms with E-state index in [0.717, 1.165) is 5.69 Å². The molecule has 36 heavy (non-hydrogen) atoms. The zero-order chi connectivity index (χ0) is 25.9. The molecule has 4 aromatic rings. The van der Waals surface area contributed by atoms with E-state index in [1.54, 1.807) is 60.5 Å². The molecule has 10 nitrogen and oxygen atoms in total. The Morgan fingerprint density at radius 3 is 2.25 bits per heavy atom. The number of pyridine rings is 1. The Kier molecular flexibility index (Phi) is 7.30. The topological polar surface area (TPSA) is 122 Å². The maximum absolute atomic E-state index is 13.6. The van der Waals surface area contributed by atoms with Gasteiger partial charge in [0.1, 0.15) is 22.9 Å². The normalized spacial score (nSPS) is 13.2. The quantitative estimate of drug-likeness (QED) is 0.334. The van der Waals surface area contributed by atoms with Crippen molar-refractivity contribution in [2.75, 3.05) is 14.2 Å². The van der Waals surface area contributed by atoms with E-state index in [1.165, 1.54) is 14.2 Å². The Morgan fingerprint density at radius 2 is 1.67 bits per heavy atom. The summed E-state index contributed by atoms with van der Waals surface area (Å²) >= 11 is 0. The highest BCUT2D eigenvalue weighted by Gasteiger charge is 2.32. The van der Waals surface area contributed by atoms with E-state index in [-0.39, 0.29) is 17.5 Å². The predicted molar refractivity (Wildman–Crippen MR) is 135 cm³/mol. The summed E-state index contributed by atoms with van der Waals surface area (Å²) in [5.74, 6) is 0.875. The zero-order valence-electron chi connectivity index (χ0n) is 20.8. The summed E-state index contributed by atoms with van der Waals surface area (Å²) in [6.07, 6.45) is 6.54. The lowest BCUT2D eigenvalue weighted by Crippen LogP contribution is -2.27. The van der Waals surface area contributed by atoms with Gasteiger partial charge < -0.3 is 9.47 Å². The molecule has 188 valence electrons. The van der Waals surface area contributed by atoms with Crippen LogP contribution in [0.25, 0.3) is 17.1 Å². The molecule has 11 heteroatoms. The van der Waals surface area contributed by atoms with E-state index >= 15 is 0 Å². The molecule has 1 aromatic carbocycles. The van der Waals surface area contributed by atoms with Crippen LogP contribution in [0.3, 0.4) is 0 Å². The number of aryl methyl sites for hydroxylation is 1. The van der Waals surface area contributed by atoms with Crippen molar-refractivity contribution in [1.82, 2.24) is 29.7 Å². The van der Waals surface area contributed by atoms with Crippen LogP contribution >= 0.6 is 0 Å². The average molecular weight is 509 g/mol. The van der Waals surface area contributed by atoms with Crippen molar-refractivity contribution in [3.63, 3.8) is 0 Å². The Bertz CT molecular complexity index is 1420. The maximum atomic E-state index is 13.6. The molecular weight excluding hydrogens is 480 g/mol. The van der Waals surface area contributed by atoms with Crippen LogP contribution in [0.15, 0.2) is 55.1 Å². The number of sulfone groups is 1. The number of rotatable bonds is 9. The minimum atomic E-state index is -3.70. The van der Waals surface area contributed by atoms with E-state index < -0.39 is 15.1 Å². The molecular formula is C25H28N6O4S. The Morgan fingerprint density at radius 1 is 0.944 bits per heavy atom. The SMILES string of the molecule is COc1cccc(OC)c1-n1c(CS(=O)(=O)[C@@H](C)[C@H](C)c2cnc(C)cn2)nnc1-c1cccnc1. The zero-order valence-corrected chi connectivity index (χ0v) is 21.6. The third-order valence-corrected chi connectivity index (χ3v) is 8.35. The van der Waals surface area contributed by atoms with E-state index in [4.69, 9.17) is 9.47 Å². The number of methoxy groups -OCH3 is 2. The van der Waals surface area contributed by atoms with Gasteiger partial charge in [0.05, 0.1) is 30.9 Å². The third kappa shape index (κ3) is 4.92. The van der Waals surface area contributed by atoms with Gasteiger partial charge in [-0.1, -0.05) is 13.0 Å². The molecule has 0 unspecified atom stereocenters. The second kappa shape index (κ2) is 10.4. The lowest BCUT2D eigenvalue weighted by atomic mass is 10.1. The molecule has 3 heterocycles. The van der Waals surface area contributed by atoms with Crippen molar-refractivity contribution >= 4 is 9.84 Å². The second-order valence-corrected chi connectivity index (χ2v) is 10.8. The van der Waals surface area contributed by atoms with E-state index in [0.29, 0.717) is 34.3 Å². The minimum absolute atomic E-state index is 0.227. The van der Waals surface area contributed by atoms with Crippen LogP contribution in [-0.2, 0) is 15.6 Å². The van der Waals surface area contributed by atoms with Crippen LogP contribution in [0.4, 0.5) is 0 Å². The number of hydrogen-bond donors (Lipinski definition) is 0. The molecule has 2 atom stereocenters. The predicted octanol–water partition coefficient (Wildman–Crippen LogP) is 3.55. The smallest absolute Gasteiger partial charge is 0.170 e. The molecule has 0 saturated heterocycles. The molecule has 0 N–H and O–H groups in total. The molecule has 4 rings (SSSR count). The van der Waals surface area contributed by atoms with Crippen molar-refractivity contribution in [3.05, 3.63) is 72.3 Å². The van der Waals surface area contributed by atoms with Crippen LogP contribution in [0.2, 0.25) is 0 Å². The first-order valence-corrected chi connectivity index (χ1v) is 13.0. The van der Waals surface area contributed by atoms with Crippen molar-refractivity contribution < 1.29 is 17.9 Å². The molecule has 0 fully saturated rings. The van der Waals surface area contributed by atoms with Crippen molar-refractivity contribution in [2.24, 2.45) is 0 Å². The summed E-state index contributed by atoms with van der Waals surface area (Å²) < 4.78 is 40.1. The van der Waals surface area contributed by atoms with Gasteiger partial charge in [0.25, 0.3) is 0 Å².